The number of carbonyl (C=O) groups excluding carboxylic acids is 1. The number of rotatable bonds is 5. The van der Waals surface area contributed by atoms with Gasteiger partial charge < -0.3 is 5.32 Å². The molecule has 2 N–H and O–H groups in total. The summed E-state index contributed by atoms with van der Waals surface area (Å²) in [6, 6.07) is 26.3. The maximum atomic E-state index is 13.0. The summed E-state index contributed by atoms with van der Waals surface area (Å²) in [4.78, 5) is 17.0. The highest BCUT2D eigenvalue weighted by Crippen LogP contribution is 2.38. The quantitative estimate of drug-likeness (QED) is 0.419. The topological polar surface area (TPSA) is 71.8 Å². The van der Waals surface area contributed by atoms with E-state index in [2.05, 4.69) is 45.0 Å². The van der Waals surface area contributed by atoms with Gasteiger partial charge in [-0.1, -0.05) is 72.8 Å². The summed E-state index contributed by atoms with van der Waals surface area (Å²) in [5.41, 5.74) is 3.01. The summed E-state index contributed by atoms with van der Waals surface area (Å²) in [6.07, 6.45) is 3.78. The number of amides is 1. The van der Waals surface area contributed by atoms with Crippen LogP contribution in [0.5, 0.6) is 0 Å². The van der Waals surface area contributed by atoms with Gasteiger partial charge in [0.05, 0.1) is 12.1 Å². The van der Waals surface area contributed by atoms with Crippen molar-refractivity contribution >= 4 is 23.9 Å². The molecule has 5 rings (SSSR count). The van der Waals surface area contributed by atoms with Gasteiger partial charge in [0.25, 0.3) is 11.9 Å². The molecule has 0 spiro atoms. The molecule has 4 aromatic rings. The van der Waals surface area contributed by atoms with Gasteiger partial charge in [0.1, 0.15) is 5.82 Å². The van der Waals surface area contributed by atoms with Gasteiger partial charge >= 0.3 is 0 Å². The zero-order valence-electron chi connectivity index (χ0n) is 17.7. The fourth-order valence-electron chi connectivity index (χ4n) is 3.98. The molecule has 0 saturated heterocycles. The second-order valence-electron chi connectivity index (χ2n) is 7.85. The van der Waals surface area contributed by atoms with Crippen molar-refractivity contribution in [2.24, 2.45) is 0 Å². The Morgan fingerprint density at radius 1 is 0.970 bits per heavy atom. The van der Waals surface area contributed by atoms with Gasteiger partial charge in [-0.05, 0) is 41.3 Å². The standard InChI is InChI=1S/C26H22FN5O/c27-21-14-11-18(12-15-21)13-16-24(33)29-25-30-26-28-22(19-7-3-1-4-8-19)17-23(32(26)31-25)20-9-5-2-6-10-20/h1-16,22-23H,17H2,(H2,28,29,30,31,33)/b16-13+/t22-,23-/m0/s1. The first-order valence-corrected chi connectivity index (χ1v) is 10.7. The van der Waals surface area contributed by atoms with Crippen molar-refractivity contribution in [3.63, 3.8) is 0 Å². The average Bonchev–Trinajstić information content (AvgIpc) is 3.26. The molecule has 0 bridgehead atoms. The first kappa shape index (κ1) is 20.6. The Balaban J connectivity index is 1.39. The third-order valence-electron chi connectivity index (χ3n) is 5.61. The van der Waals surface area contributed by atoms with Crippen molar-refractivity contribution in [3.8, 4) is 0 Å². The van der Waals surface area contributed by atoms with Crippen molar-refractivity contribution in [1.82, 2.24) is 14.8 Å². The minimum absolute atomic E-state index is 0.0273. The first-order chi connectivity index (χ1) is 16.2. The van der Waals surface area contributed by atoms with E-state index in [0.717, 1.165) is 17.5 Å². The number of fused-ring (bicyclic) bond motifs is 1. The molecule has 0 unspecified atom stereocenters. The molecule has 0 fully saturated rings. The molecule has 2 atom stereocenters. The highest BCUT2D eigenvalue weighted by Gasteiger charge is 2.31. The SMILES string of the molecule is O=C(/C=C/c1ccc(F)cc1)Nc1nc2n(n1)[C@H](c1ccccc1)C[C@@H](c1ccccc1)N2. The molecule has 2 heterocycles. The van der Waals surface area contributed by atoms with Crippen LogP contribution in [0.25, 0.3) is 6.08 Å². The fraction of sp³-hybridized carbons (Fsp3) is 0.115. The van der Waals surface area contributed by atoms with Crippen molar-refractivity contribution in [2.75, 3.05) is 10.6 Å². The van der Waals surface area contributed by atoms with Crippen LogP contribution in [0.2, 0.25) is 0 Å². The Hall–Kier alpha value is -4.26. The number of hydrogen-bond acceptors (Lipinski definition) is 4. The Bertz CT molecular complexity index is 1270. The van der Waals surface area contributed by atoms with E-state index >= 15 is 0 Å². The molecular weight excluding hydrogens is 417 g/mol. The first-order valence-electron chi connectivity index (χ1n) is 10.7. The molecule has 1 aliphatic rings. The van der Waals surface area contributed by atoms with Crippen molar-refractivity contribution < 1.29 is 9.18 Å². The maximum Gasteiger partial charge on any atom is 0.250 e. The molecule has 1 aliphatic heterocycles. The fourth-order valence-corrected chi connectivity index (χ4v) is 3.98. The number of halogens is 1. The predicted molar refractivity (Wildman–Crippen MR) is 126 cm³/mol. The van der Waals surface area contributed by atoms with Gasteiger partial charge in [-0.15, -0.1) is 5.10 Å². The van der Waals surface area contributed by atoms with Gasteiger partial charge in [-0.2, -0.15) is 4.98 Å². The molecule has 1 aromatic heterocycles. The van der Waals surface area contributed by atoms with Crippen LogP contribution in [0.1, 0.15) is 35.2 Å². The Kier molecular flexibility index (Phi) is 5.68. The van der Waals surface area contributed by atoms with Gasteiger partial charge in [0.15, 0.2) is 0 Å². The Morgan fingerprint density at radius 2 is 1.64 bits per heavy atom. The molecule has 3 aromatic carbocycles. The molecule has 33 heavy (non-hydrogen) atoms. The van der Waals surface area contributed by atoms with Gasteiger partial charge in [-0.25, -0.2) is 9.07 Å². The van der Waals surface area contributed by atoms with Crippen LogP contribution in [-0.4, -0.2) is 20.7 Å². The molecular formula is C26H22FN5O. The van der Waals surface area contributed by atoms with E-state index in [0.29, 0.717) is 5.95 Å². The maximum absolute atomic E-state index is 13.0. The van der Waals surface area contributed by atoms with Crippen LogP contribution in [0.15, 0.2) is 91.0 Å². The van der Waals surface area contributed by atoms with Crippen LogP contribution >= 0.6 is 0 Å². The molecule has 0 radical (unpaired) electrons. The lowest BCUT2D eigenvalue weighted by atomic mass is 9.93. The van der Waals surface area contributed by atoms with E-state index in [1.807, 2.05) is 41.1 Å². The minimum atomic E-state index is -0.363. The van der Waals surface area contributed by atoms with Gasteiger partial charge in [0.2, 0.25) is 5.95 Å². The van der Waals surface area contributed by atoms with E-state index in [-0.39, 0.29) is 29.8 Å². The Morgan fingerprint density at radius 3 is 2.33 bits per heavy atom. The smallest absolute Gasteiger partial charge is 0.250 e. The normalized spacial score (nSPS) is 17.4. The van der Waals surface area contributed by atoms with E-state index in [9.17, 15) is 9.18 Å². The zero-order chi connectivity index (χ0) is 22.6. The highest BCUT2D eigenvalue weighted by atomic mass is 19.1. The van der Waals surface area contributed by atoms with E-state index in [1.165, 1.54) is 23.8 Å². The second kappa shape index (κ2) is 9.08. The molecule has 0 aliphatic carbocycles. The molecule has 164 valence electrons. The van der Waals surface area contributed by atoms with Gasteiger partial charge in [0, 0.05) is 6.08 Å². The lowest BCUT2D eigenvalue weighted by Crippen LogP contribution is -2.28. The summed E-state index contributed by atoms with van der Waals surface area (Å²) < 4.78 is 14.9. The summed E-state index contributed by atoms with van der Waals surface area (Å²) in [7, 11) is 0. The molecule has 0 saturated carbocycles. The van der Waals surface area contributed by atoms with Crippen LogP contribution in [0.4, 0.5) is 16.3 Å². The number of nitrogens with zero attached hydrogens (tertiary/aromatic N) is 3. The largest absolute Gasteiger partial charge is 0.347 e. The average molecular weight is 439 g/mol. The summed E-state index contributed by atoms with van der Waals surface area (Å²) >= 11 is 0. The van der Waals surface area contributed by atoms with E-state index in [1.54, 1.807) is 18.2 Å². The van der Waals surface area contributed by atoms with Crippen molar-refractivity contribution in [2.45, 2.75) is 18.5 Å². The summed E-state index contributed by atoms with van der Waals surface area (Å²) in [5.74, 6) is 0.138. The van der Waals surface area contributed by atoms with Gasteiger partial charge in [-0.3, -0.25) is 10.1 Å². The zero-order valence-corrected chi connectivity index (χ0v) is 17.7. The lowest BCUT2D eigenvalue weighted by Gasteiger charge is -2.31. The van der Waals surface area contributed by atoms with E-state index in [4.69, 9.17) is 0 Å². The van der Waals surface area contributed by atoms with Crippen LogP contribution < -0.4 is 10.6 Å². The minimum Gasteiger partial charge on any atom is -0.347 e. The number of benzene rings is 3. The Labute approximate surface area is 190 Å². The number of carbonyl (C=O) groups is 1. The van der Waals surface area contributed by atoms with Crippen LogP contribution in [0.3, 0.4) is 0 Å². The number of hydrogen-bond donors (Lipinski definition) is 2. The third kappa shape index (κ3) is 4.67. The third-order valence-corrected chi connectivity index (χ3v) is 5.61. The number of nitrogens with one attached hydrogen (secondary N) is 2. The highest BCUT2D eigenvalue weighted by molar-refractivity contribution is 6.00. The van der Waals surface area contributed by atoms with E-state index < -0.39 is 0 Å². The summed E-state index contributed by atoms with van der Waals surface area (Å²) in [5, 5.41) is 10.7. The second-order valence-corrected chi connectivity index (χ2v) is 7.85. The molecule has 1 amide bonds. The number of anilines is 2. The van der Waals surface area contributed by atoms with Crippen molar-refractivity contribution in [3.05, 3.63) is 114 Å². The van der Waals surface area contributed by atoms with Crippen LogP contribution in [-0.2, 0) is 4.79 Å². The van der Waals surface area contributed by atoms with Crippen molar-refractivity contribution in [1.29, 1.82) is 0 Å². The predicted octanol–water partition coefficient (Wildman–Crippen LogP) is 5.22. The lowest BCUT2D eigenvalue weighted by molar-refractivity contribution is -0.111. The summed E-state index contributed by atoms with van der Waals surface area (Å²) in [6.45, 7) is 0. The van der Waals surface area contributed by atoms with Crippen LogP contribution in [0, 0.1) is 5.82 Å². The molecule has 7 heteroatoms. The monoisotopic (exact) mass is 439 g/mol. The number of aromatic nitrogens is 3. The molecule has 6 nitrogen and oxygen atoms in total.